The quantitative estimate of drug-likeness (QED) is 0.815. The van der Waals surface area contributed by atoms with Gasteiger partial charge in [0, 0.05) is 31.7 Å². The molecule has 1 aromatic heterocycles. The molecule has 0 bridgehead atoms. The predicted molar refractivity (Wildman–Crippen MR) is 96.4 cm³/mol. The average Bonchev–Trinajstić information content (AvgIpc) is 2.89. The van der Waals surface area contributed by atoms with Gasteiger partial charge in [-0.15, -0.1) is 0 Å². The fourth-order valence-corrected chi connectivity index (χ4v) is 3.25. The molecule has 0 saturated carbocycles. The first-order valence-electron chi connectivity index (χ1n) is 8.48. The van der Waals surface area contributed by atoms with Crippen molar-refractivity contribution in [3.63, 3.8) is 0 Å². The molecule has 0 aliphatic carbocycles. The summed E-state index contributed by atoms with van der Waals surface area (Å²) in [6.07, 6.45) is -2.34. The number of nitrogens with zero attached hydrogens (tertiary/aromatic N) is 4. The van der Waals surface area contributed by atoms with Crippen molar-refractivity contribution in [2.24, 2.45) is 0 Å². The number of amides is 1. The number of rotatable bonds is 4. The maximum absolute atomic E-state index is 12.6. The number of hydrogen-bond donors (Lipinski definition) is 0. The van der Waals surface area contributed by atoms with Crippen molar-refractivity contribution in [2.45, 2.75) is 20.3 Å². The third kappa shape index (κ3) is 3.88. The lowest BCUT2D eigenvalue weighted by atomic mass is 10.1. The van der Waals surface area contributed by atoms with E-state index in [9.17, 15) is 13.6 Å². The predicted octanol–water partition coefficient (Wildman–Crippen LogP) is 3.17. The van der Waals surface area contributed by atoms with Gasteiger partial charge in [0.25, 0.3) is 12.3 Å². The Morgan fingerprint density at radius 2 is 1.77 bits per heavy atom. The molecule has 1 aromatic carbocycles. The number of hydrogen-bond acceptors (Lipinski definition) is 3. The van der Waals surface area contributed by atoms with Gasteiger partial charge >= 0.3 is 0 Å². The van der Waals surface area contributed by atoms with Gasteiger partial charge in [-0.2, -0.15) is 5.10 Å². The van der Waals surface area contributed by atoms with Gasteiger partial charge in [0.2, 0.25) is 0 Å². The Hall–Kier alpha value is -1.99. The molecular weight excluding hydrogens is 362 g/mol. The third-order valence-electron chi connectivity index (χ3n) is 4.62. The molecular formula is C18H21ClF2N4O. The maximum Gasteiger partial charge on any atom is 0.253 e. The highest BCUT2D eigenvalue weighted by Gasteiger charge is 2.23. The number of alkyl halides is 2. The Balaban J connectivity index is 1.67. The van der Waals surface area contributed by atoms with Crippen LogP contribution in [0, 0.1) is 13.8 Å². The summed E-state index contributed by atoms with van der Waals surface area (Å²) >= 11 is 6.18. The van der Waals surface area contributed by atoms with Crippen LogP contribution in [0.5, 0.6) is 0 Å². The van der Waals surface area contributed by atoms with Gasteiger partial charge in [-0.25, -0.2) is 13.5 Å². The van der Waals surface area contributed by atoms with Crippen LogP contribution in [0.1, 0.15) is 21.7 Å². The fourth-order valence-electron chi connectivity index (χ4n) is 3.13. The molecule has 140 valence electrons. The molecule has 3 rings (SSSR count). The number of benzene rings is 1. The largest absolute Gasteiger partial charge is 0.336 e. The van der Waals surface area contributed by atoms with Gasteiger partial charge in [-0.05, 0) is 38.1 Å². The molecule has 1 aliphatic heterocycles. The zero-order valence-electron chi connectivity index (χ0n) is 14.8. The summed E-state index contributed by atoms with van der Waals surface area (Å²) in [5.41, 5.74) is 3.00. The minimum Gasteiger partial charge on any atom is -0.336 e. The van der Waals surface area contributed by atoms with Gasteiger partial charge in [-0.3, -0.25) is 9.69 Å². The van der Waals surface area contributed by atoms with Gasteiger partial charge in [-0.1, -0.05) is 11.6 Å². The first kappa shape index (κ1) is 18.8. The van der Waals surface area contributed by atoms with Gasteiger partial charge in [0.15, 0.2) is 0 Å². The zero-order valence-corrected chi connectivity index (χ0v) is 15.5. The lowest BCUT2D eigenvalue weighted by molar-refractivity contribution is 0.0459. The van der Waals surface area contributed by atoms with E-state index >= 15 is 0 Å². The van der Waals surface area contributed by atoms with Crippen LogP contribution < -0.4 is 0 Å². The van der Waals surface area contributed by atoms with Crippen LogP contribution in [0.15, 0.2) is 24.3 Å². The van der Waals surface area contributed by atoms with Crippen LogP contribution >= 0.6 is 11.6 Å². The highest BCUT2D eigenvalue weighted by molar-refractivity contribution is 6.31. The fraction of sp³-hybridized carbons (Fsp3) is 0.444. The number of aromatic nitrogens is 2. The Morgan fingerprint density at radius 3 is 2.27 bits per heavy atom. The molecule has 8 heteroatoms. The lowest BCUT2D eigenvalue weighted by Crippen LogP contribution is -2.49. The highest BCUT2D eigenvalue weighted by Crippen LogP contribution is 2.22. The van der Waals surface area contributed by atoms with Crippen LogP contribution in [0.3, 0.4) is 0 Å². The number of carbonyl (C=O) groups excluding carboxylic acids is 1. The smallest absolute Gasteiger partial charge is 0.253 e. The van der Waals surface area contributed by atoms with E-state index in [4.69, 9.17) is 11.6 Å². The molecule has 0 atom stereocenters. The highest BCUT2D eigenvalue weighted by atomic mass is 35.5. The second-order valence-corrected chi connectivity index (χ2v) is 6.81. The normalized spacial score (nSPS) is 15.7. The Labute approximate surface area is 156 Å². The standard InChI is InChI=1S/C18H21ClF2N4O/c1-12-17(19)13(2)25(22-12)15-5-3-14(4-6-15)18(26)24-9-7-23(8-10-24)11-16(20)21/h3-6,16H,7-11H2,1-2H3. The van der Waals surface area contributed by atoms with Crippen molar-refractivity contribution in [3.8, 4) is 5.69 Å². The summed E-state index contributed by atoms with van der Waals surface area (Å²) in [5, 5.41) is 5.03. The molecule has 1 amide bonds. The van der Waals surface area contributed by atoms with E-state index in [0.29, 0.717) is 36.8 Å². The molecule has 0 unspecified atom stereocenters. The van der Waals surface area contributed by atoms with E-state index in [0.717, 1.165) is 17.1 Å². The number of halogens is 3. The Bertz CT molecular complexity index is 783. The van der Waals surface area contributed by atoms with Crippen molar-refractivity contribution in [2.75, 3.05) is 32.7 Å². The topological polar surface area (TPSA) is 41.4 Å². The summed E-state index contributed by atoms with van der Waals surface area (Å²) in [5.74, 6) is -0.0837. The second kappa shape index (κ2) is 7.72. The SMILES string of the molecule is Cc1nn(-c2ccc(C(=O)N3CCN(CC(F)F)CC3)cc2)c(C)c1Cl. The molecule has 1 fully saturated rings. The number of carbonyl (C=O) groups is 1. The summed E-state index contributed by atoms with van der Waals surface area (Å²) in [6.45, 7) is 5.36. The maximum atomic E-state index is 12.6. The molecule has 1 aliphatic rings. The van der Waals surface area contributed by atoms with Gasteiger partial charge in [0.1, 0.15) is 0 Å². The molecule has 2 aromatic rings. The average molecular weight is 383 g/mol. The van der Waals surface area contributed by atoms with E-state index in [2.05, 4.69) is 5.10 Å². The summed E-state index contributed by atoms with van der Waals surface area (Å²) in [6, 6.07) is 7.17. The molecule has 1 saturated heterocycles. The van der Waals surface area contributed by atoms with Crippen molar-refractivity contribution in [3.05, 3.63) is 46.2 Å². The number of aryl methyl sites for hydroxylation is 1. The molecule has 0 radical (unpaired) electrons. The summed E-state index contributed by atoms with van der Waals surface area (Å²) in [4.78, 5) is 16.0. The molecule has 0 N–H and O–H groups in total. The zero-order chi connectivity index (χ0) is 18.8. The lowest BCUT2D eigenvalue weighted by Gasteiger charge is -2.34. The van der Waals surface area contributed by atoms with Crippen LogP contribution in [0.25, 0.3) is 5.69 Å². The van der Waals surface area contributed by atoms with Gasteiger partial charge < -0.3 is 4.90 Å². The Kier molecular flexibility index (Phi) is 5.58. The van der Waals surface area contributed by atoms with Crippen molar-refractivity contribution < 1.29 is 13.6 Å². The van der Waals surface area contributed by atoms with Crippen molar-refractivity contribution >= 4 is 17.5 Å². The van der Waals surface area contributed by atoms with Crippen molar-refractivity contribution in [1.29, 1.82) is 0 Å². The Morgan fingerprint density at radius 1 is 1.15 bits per heavy atom. The first-order chi connectivity index (χ1) is 12.4. The van der Waals surface area contributed by atoms with E-state index in [-0.39, 0.29) is 12.5 Å². The van der Waals surface area contributed by atoms with E-state index in [1.54, 1.807) is 26.6 Å². The molecule has 5 nitrogen and oxygen atoms in total. The monoisotopic (exact) mass is 382 g/mol. The van der Waals surface area contributed by atoms with Crippen LogP contribution in [0.2, 0.25) is 5.02 Å². The van der Waals surface area contributed by atoms with E-state index in [1.807, 2.05) is 26.0 Å². The first-order valence-corrected chi connectivity index (χ1v) is 8.86. The minimum absolute atomic E-state index is 0.0837. The van der Waals surface area contributed by atoms with E-state index in [1.165, 1.54) is 0 Å². The molecule has 26 heavy (non-hydrogen) atoms. The minimum atomic E-state index is -2.34. The van der Waals surface area contributed by atoms with Crippen LogP contribution in [0.4, 0.5) is 8.78 Å². The summed E-state index contributed by atoms with van der Waals surface area (Å²) in [7, 11) is 0. The van der Waals surface area contributed by atoms with Crippen LogP contribution in [-0.2, 0) is 0 Å². The molecule has 2 heterocycles. The van der Waals surface area contributed by atoms with Gasteiger partial charge in [0.05, 0.1) is 28.6 Å². The van der Waals surface area contributed by atoms with E-state index < -0.39 is 6.43 Å². The van der Waals surface area contributed by atoms with Crippen molar-refractivity contribution in [1.82, 2.24) is 19.6 Å². The molecule has 0 spiro atoms. The number of piperazine rings is 1. The van der Waals surface area contributed by atoms with Crippen LogP contribution in [-0.4, -0.2) is 64.6 Å². The third-order valence-corrected chi connectivity index (χ3v) is 5.16. The summed E-state index contributed by atoms with van der Waals surface area (Å²) < 4.78 is 26.6. The second-order valence-electron chi connectivity index (χ2n) is 6.43.